The van der Waals surface area contributed by atoms with Crippen LogP contribution in [-0.2, 0) is 10.0 Å². The number of pyridine rings is 2. The number of anilines is 1. The van der Waals surface area contributed by atoms with Gasteiger partial charge in [0.05, 0.1) is 11.9 Å². The molecule has 2 heterocycles. The van der Waals surface area contributed by atoms with Gasteiger partial charge in [0.1, 0.15) is 4.60 Å². The van der Waals surface area contributed by atoms with Crippen molar-refractivity contribution in [3.8, 4) is 0 Å². The van der Waals surface area contributed by atoms with Gasteiger partial charge in [0, 0.05) is 6.20 Å². The number of hydrogen-bond donors (Lipinski definition) is 1. The molecule has 0 aliphatic rings. The van der Waals surface area contributed by atoms with Gasteiger partial charge in [-0.1, -0.05) is 0 Å². The third-order valence-corrected chi connectivity index (χ3v) is 3.74. The Balaban J connectivity index is 2.33. The number of aromatic nitrogens is 2. The van der Waals surface area contributed by atoms with Crippen LogP contribution in [0, 0.1) is 5.82 Å². The molecule has 0 fully saturated rings. The normalized spacial score (nSPS) is 11.2. The van der Waals surface area contributed by atoms with Crippen LogP contribution in [0.15, 0.2) is 46.3 Å². The summed E-state index contributed by atoms with van der Waals surface area (Å²) < 4.78 is 39.8. The highest BCUT2D eigenvalue weighted by atomic mass is 79.9. The molecule has 0 atom stereocenters. The molecule has 5 nitrogen and oxygen atoms in total. The highest BCUT2D eigenvalue weighted by Gasteiger charge is 2.20. The Morgan fingerprint density at radius 1 is 1.22 bits per heavy atom. The molecule has 0 aliphatic heterocycles. The van der Waals surface area contributed by atoms with Crippen molar-refractivity contribution < 1.29 is 12.8 Å². The Labute approximate surface area is 111 Å². The van der Waals surface area contributed by atoms with Crippen LogP contribution in [0.4, 0.5) is 10.1 Å². The Bertz CT molecular complexity index is 661. The number of nitrogens with zero attached hydrogens (tertiary/aromatic N) is 2. The van der Waals surface area contributed by atoms with E-state index in [-0.39, 0.29) is 5.69 Å². The largest absolute Gasteiger partial charge is 0.282 e. The molecule has 1 N–H and O–H groups in total. The quantitative estimate of drug-likeness (QED) is 0.875. The minimum absolute atomic E-state index is 0.225. The van der Waals surface area contributed by atoms with E-state index < -0.39 is 20.9 Å². The van der Waals surface area contributed by atoms with Gasteiger partial charge in [-0.15, -0.1) is 0 Å². The summed E-state index contributed by atoms with van der Waals surface area (Å²) in [6, 6.07) is 5.40. The van der Waals surface area contributed by atoms with Crippen LogP contribution < -0.4 is 4.72 Å². The van der Waals surface area contributed by atoms with Gasteiger partial charge in [0.15, 0.2) is 5.82 Å². The van der Waals surface area contributed by atoms with E-state index in [4.69, 9.17) is 0 Å². The lowest BCUT2D eigenvalue weighted by molar-refractivity contribution is 0.557. The molecule has 0 aliphatic carbocycles. The number of rotatable bonds is 3. The van der Waals surface area contributed by atoms with Crippen LogP contribution in [-0.4, -0.2) is 18.4 Å². The third kappa shape index (κ3) is 2.82. The predicted molar refractivity (Wildman–Crippen MR) is 66.9 cm³/mol. The van der Waals surface area contributed by atoms with Crippen LogP contribution >= 0.6 is 15.9 Å². The molecule has 94 valence electrons. The molecule has 0 bridgehead atoms. The van der Waals surface area contributed by atoms with Gasteiger partial charge >= 0.3 is 0 Å². The van der Waals surface area contributed by atoms with E-state index in [9.17, 15) is 12.8 Å². The highest BCUT2D eigenvalue weighted by Crippen LogP contribution is 2.17. The molecule has 2 aromatic rings. The lowest BCUT2D eigenvalue weighted by Gasteiger charge is -2.07. The van der Waals surface area contributed by atoms with Crippen molar-refractivity contribution in [2.45, 2.75) is 5.03 Å². The van der Waals surface area contributed by atoms with Crippen molar-refractivity contribution in [1.29, 1.82) is 0 Å². The second-order valence-corrected chi connectivity index (χ2v) is 5.68. The summed E-state index contributed by atoms with van der Waals surface area (Å²) in [5.74, 6) is -0.907. The standard InChI is InChI=1S/C10H7BrFN3O2S/c11-9-4-3-7(6-14-9)15-18(16,17)10-8(12)2-1-5-13-10/h1-6,15H. The summed E-state index contributed by atoms with van der Waals surface area (Å²) in [7, 11) is -4.05. The Kier molecular flexibility index (Phi) is 3.58. The van der Waals surface area contributed by atoms with E-state index in [0.29, 0.717) is 4.60 Å². The zero-order chi connectivity index (χ0) is 13.2. The molecule has 0 spiro atoms. The smallest absolute Gasteiger partial charge is 0.277 e. The molecule has 0 unspecified atom stereocenters. The van der Waals surface area contributed by atoms with Crippen molar-refractivity contribution >= 4 is 31.6 Å². The molecule has 0 aromatic carbocycles. The fourth-order valence-electron chi connectivity index (χ4n) is 1.21. The number of sulfonamides is 1. The van der Waals surface area contributed by atoms with Crippen molar-refractivity contribution in [2.75, 3.05) is 4.72 Å². The van der Waals surface area contributed by atoms with Gasteiger partial charge in [-0.3, -0.25) is 4.72 Å². The van der Waals surface area contributed by atoms with Crippen molar-refractivity contribution in [2.24, 2.45) is 0 Å². The Morgan fingerprint density at radius 3 is 2.61 bits per heavy atom. The van der Waals surface area contributed by atoms with Gasteiger partial charge in [0.2, 0.25) is 5.03 Å². The molecule has 0 amide bonds. The summed E-state index contributed by atoms with van der Waals surface area (Å²) in [5, 5.41) is -0.645. The Morgan fingerprint density at radius 2 is 2.00 bits per heavy atom. The average molecular weight is 332 g/mol. The zero-order valence-electron chi connectivity index (χ0n) is 8.84. The summed E-state index contributed by atoms with van der Waals surface area (Å²) in [6.45, 7) is 0. The average Bonchev–Trinajstić information content (AvgIpc) is 2.32. The highest BCUT2D eigenvalue weighted by molar-refractivity contribution is 9.10. The maximum absolute atomic E-state index is 13.3. The molecular weight excluding hydrogens is 325 g/mol. The monoisotopic (exact) mass is 331 g/mol. The van der Waals surface area contributed by atoms with E-state index in [2.05, 4.69) is 30.6 Å². The van der Waals surface area contributed by atoms with Gasteiger partial charge in [0.25, 0.3) is 10.0 Å². The molecule has 0 radical (unpaired) electrons. The fraction of sp³-hybridized carbons (Fsp3) is 0. The van der Waals surface area contributed by atoms with Crippen molar-refractivity contribution in [1.82, 2.24) is 9.97 Å². The van der Waals surface area contributed by atoms with Gasteiger partial charge in [-0.25, -0.2) is 14.4 Å². The zero-order valence-corrected chi connectivity index (χ0v) is 11.2. The first kappa shape index (κ1) is 12.9. The Hall–Kier alpha value is -1.54. The fourth-order valence-corrected chi connectivity index (χ4v) is 2.50. The summed E-state index contributed by atoms with van der Waals surface area (Å²) in [4.78, 5) is 7.36. The van der Waals surface area contributed by atoms with Gasteiger partial charge in [-0.2, -0.15) is 8.42 Å². The summed E-state index contributed by atoms with van der Waals surface area (Å²) in [6.07, 6.45) is 2.51. The van der Waals surface area contributed by atoms with E-state index >= 15 is 0 Å². The maximum atomic E-state index is 13.3. The second kappa shape index (κ2) is 4.99. The maximum Gasteiger partial charge on any atom is 0.282 e. The first-order valence-corrected chi connectivity index (χ1v) is 7.01. The second-order valence-electron chi connectivity index (χ2n) is 3.27. The lowest BCUT2D eigenvalue weighted by Crippen LogP contribution is -2.16. The van der Waals surface area contributed by atoms with E-state index in [1.165, 1.54) is 24.5 Å². The summed E-state index contributed by atoms with van der Waals surface area (Å²) >= 11 is 3.12. The SMILES string of the molecule is O=S(=O)(Nc1ccc(Br)nc1)c1ncccc1F. The van der Waals surface area contributed by atoms with Crippen LogP contribution in [0.5, 0.6) is 0 Å². The first-order chi connectivity index (χ1) is 8.49. The molecule has 0 saturated carbocycles. The number of halogens is 2. The number of hydrogen-bond acceptors (Lipinski definition) is 4. The molecular formula is C10H7BrFN3O2S. The topological polar surface area (TPSA) is 72.0 Å². The lowest BCUT2D eigenvalue weighted by atomic mass is 10.4. The predicted octanol–water partition coefficient (Wildman–Crippen LogP) is 2.18. The van der Waals surface area contributed by atoms with Crippen LogP contribution in [0.1, 0.15) is 0 Å². The third-order valence-electron chi connectivity index (χ3n) is 1.96. The first-order valence-electron chi connectivity index (χ1n) is 4.74. The van der Waals surface area contributed by atoms with Gasteiger partial charge in [-0.05, 0) is 40.2 Å². The minimum atomic E-state index is -4.05. The van der Waals surface area contributed by atoms with E-state index in [1.54, 1.807) is 6.07 Å². The van der Waals surface area contributed by atoms with E-state index in [1.807, 2.05) is 0 Å². The van der Waals surface area contributed by atoms with Crippen molar-refractivity contribution in [3.05, 3.63) is 47.1 Å². The molecule has 2 rings (SSSR count). The number of nitrogens with one attached hydrogen (secondary N) is 1. The van der Waals surface area contributed by atoms with Crippen LogP contribution in [0.25, 0.3) is 0 Å². The molecule has 2 aromatic heterocycles. The van der Waals surface area contributed by atoms with Crippen LogP contribution in [0.2, 0.25) is 0 Å². The molecule has 8 heteroatoms. The molecule has 0 saturated heterocycles. The van der Waals surface area contributed by atoms with Gasteiger partial charge < -0.3 is 0 Å². The minimum Gasteiger partial charge on any atom is -0.277 e. The van der Waals surface area contributed by atoms with Crippen molar-refractivity contribution in [3.63, 3.8) is 0 Å². The summed E-state index contributed by atoms with van der Waals surface area (Å²) in [5.41, 5.74) is 0.225. The van der Waals surface area contributed by atoms with Crippen LogP contribution in [0.3, 0.4) is 0 Å². The van der Waals surface area contributed by atoms with E-state index in [0.717, 1.165) is 6.07 Å². The molecule has 18 heavy (non-hydrogen) atoms.